The molecule has 2 heteroatoms. The molecular weight excluding hydrogens is 160 g/mol. The van der Waals surface area contributed by atoms with Crippen LogP contribution in [0.15, 0.2) is 0 Å². The summed E-state index contributed by atoms with van der Waals surface area (Å²) >= 11 is 0. The van der Waals surface area contributed by atoms with E-state index in [9.17, 15) is 0 Å². The molecule has 0 radical (unpaired) electrons. The molecule has 1 fully saturated rings. The standard InChI is InChI=1S/C11H24N2/c1-5-13(6-2)9-11-8-12(4)7-10(11)3/h10-11H,5-9H2,1-4H3. The molecule has 2 atom stereocenters. The highest BCUT2D eigenvalue weighted by Crippen LogP contribution is 2.22. The molecule has 0 amide bonds. The van der Waals surface area contributed by atoms with Gasteiger partial charge in [-0.3, -0.25) is 0 Å². The van der Waals surface area contributed by atoms with Crippen molar-refractivity contribution in [2.75, 3.05) is 39.8 Å². The van der Waals surface area contributed by atoms with Crippen molar-refractivity contribution in [3.8, 4) is 0 Å². The summed E-state index contributed by atoms with van der Waals surface area (Å²) < 4.78 is 0. The van der Waals surface area contributed by atoms with Crippen LogP contribution in [0.2, 0.25) is 0 Å². The Hall–Kier alpha value is -0.0800. The minimum Gasteiger partial charge on any atom is -0.306 e. The maximum absolute atomic E-state index is 2.54. The first kappa shape index (κ1) is 11.0. The molecular formula is C11H24N2. The SMILES string of the molecule is CCN(CC)CC1CN(C)CC1C. The molecule has 1 aliphatic rings. The second kappa shape index (κ2) is 4.97. The average Bonchev–Trinajstić information content (AvgIpc) is 2.41. The van der Waals surface area contributed by atoms with Gasteiger partial charge < -0.3 is 9.80 Å². The van der Waals surface area contributed by atoms with Gasteiger partial charge in [0.2, 0.25) is 0 Å². The first-order valence-electron chi connectivity index (χ1n) is 5.58. The Balaban J connectivity index is 2.35. The fourth-order valence-electron chi connectivity index (χ4n) is 2.35. The fourth-order valence-corrected chi connectivity index (χ4v) is 2.35. The summed E-state index contributed by atoms with van der Waals surface area (Å²) in [5.41, 5.74) is 0. The predicted molar refractivity (Wildman–Crippen MR) is 57.9 cm³/mol. The summed E-state index contributed by atoms with van der Waals surface area (Å²) in [4.78, 5) is 5.00. The van der Waals surface area contributed by atoms with Crippen molar-refractivity contribution in [1.82, 2.24) is 9.80 Å². The highest BCUT2D eigenvalue weighted by Gasteiger charge is 2.27. The number of likely N-dealkylation sites (tertiary alicyclic amines) is 1. The zero-order valence-electron chi connectivity index (χ0n) is 9.58. The van der Waals surface area contributed by atoms with Crippen LogP contribution in [0.25, 0.3) is 0 Å². The lowest BCUT2D eigenvalue weighted by molar-refractivity contribution is 0.234. The van der Waals surface area contributed by atoms with Gasteiger partial charge in [-0.1, -0.05) is 20.8 Å². The summed E-state index contributed by atoms with van der Waals surface area (Å²) in [7, 11) is 2.23. The molecule has 2 unspecified atom stereocenters. The third-order valence-electron chi connectivity index (χ3n) is 3.34. The van der Waals surface area contributed by atoms with E-state index in [1.165, 1.54) is 32.7 Å². The van der Waals surface area contributed by atoms with Gasteiger partial charge in [0.25, 0.3) is 0 Å². The molecule has 13 heavy (non-hydrogen) atoms. The maximum atomic E-state index is 2.54. The van der Waals surface area contributed by atoms with Gasteiger partial charge in [0.05, 0.1) is 0 Å². The molecule has 0 spiro atoms. The number of rotatable bonds is 4. The van der Waals surface area contributed by atoms with Crippen molar-refractivity contribution in [2.24, 2.45) is 11.8 Å². The van der Waals surface area contributed by atoms with Gasteiger partial charge in [0, 0.05) is 19.6 Å². The first-order chi connectivity index (χ1) is 6.17. The topological polar surface area (TPSA) is 6.48 Å². The molecule has 0 aliphatic carbocycles. The van der Waals surface area contributed by atoms with Gasteiger partial charge in [0.15, 0.2) is 0 Å². The van der Waals surface area contributed by atoms with E-state index in [2.05, 4.69) is 37.6 Å². The molecule has 0 aromatic heterocycles. The monoisotopic (exact) mass is 184 g/mol. The Kier molecular flexibility index (Phi) is 4.20. The number of nitrogens with zero attached hydrogens (tertiary/aromatic N) is 2. The van der Waals surface area contributed by atoms with Crippen LogP contribution in [-0.2, 0) is 0 Å². The van der Waals surface area contributed by atoms with E-state index in [1.807, 2.05) is 0 Å². The van der Waals surface area contributed by atoms with Crippen LogP contribution in [0.4, 0.5) is 0 Å². The van der Waals surface area contributed by atoms with Crippen LogP contribution < -0.4 is 0 Å². The van der Waals surface area contributed by atoms with Crippen LogP contribution in [0, 0.1) is 11.8 Å². The second-order valence-corrected chi connectivity index (χ2v) is 4.44. The lowest BCUT2D eigenvalue weighted by Crippen LogP contribution is -2.32. The second-order valence-electron chi connectivity index (χ2n) is 4.44. The molecule has 0 bridgehead atoms. The van der Waals surface area contributed by atoms with Crippen molar-refractivity contribution >= 4 is 0 Å². The molecule has 2 nitrogen and oxygen atoms in total. The lowest BCUT2D eigenvalue weighted by atomic mass is 9.98. The first-order valence-corrected chi connectivity index (χ1v) is 5.58. The van der Waals surface area contributed by atoms with Crippen molar-refractivity contribution in [1.29, 1.82) is 0 Å². The molecule has 1 saturated heterocycles. The molecule has 0 aromatic rings. The normalized spacial score (nSPS) is 30.2. The van der Waals surface area contributed by atoms with Crippen LogP contribution in [0.1, 0.15) is 20.8 Å². The van der Waals surface area contributed by atoms with E-state index in [0.717, 1.165) is 11.8 Å². The Labute approximate surface area is 82.9 Å². The van der Waals surface area contributed by atoms with Crippen LogP contribution >= 0.6 is 0 Å². The van der Waals surface area contributed by atoms with Crippen molar-refractivity contribution in [2.45, 2.75) is 20.8 Å². The Morgan fingerprint density at radius 3 is 2.23 bits per heavy atom. The van der Waals surface area contributed by atoms with E-state index in [4.69, 9.17) is 0 Å². The van der Waals surface area contributed by atoms with E-state index >= 15 is 0 Å². The van der Waals surface area contributed by atoms with E-state index in [1.54, 1.807) is 0 Å². The van der Waals surface area contributed by atoms with Gasteiger partial charge in [0.1, 0.15) is 0 Å². The smallest absolute Gasteiger partial charge is 0.00247 e. The van der Waals surface area contributed by atoms with Crippen molar-refractivity contribution < 1.29 is 0 Å². The number of hydrogen-bond donors (Lipinski definition) is 0. The summed E-state index contributed by atoms with van der Waals surface area (Å²) in [5.74, 6) is 1.77. The highest BCUT2D eigenvalue weighted by atomic mass is 15.2. The largest absolute Gasteiger partial charge is 0.306 e. The number of hydrogen-bond acceptors (Lipinski definition) is 2. The summed E-state index contributed by atoms with van der Waals surface area (Å²) in [6.07, 6.45) is 0. The Morgan fingerprint density at radius 2 is 1.85 bits per heavy atom. The van der Waals surface area contributed by atoms with E-state index in [-0.39, 0.29) is 0 Å². The third kappa shape index (κ3) is 2.96. The molecule has 0 N–H and O–H groups in total. The lowest BCUT2D eigenvalue weighted by Gasteiger charge is -2.24. The van der Waals surface area contributed by atoms with Gasteiger partial charge in [-0.2, -0.15) is 0 Å². The maximum Gasteiger partial charge on any atom is 0.00247 e. The average molecular weight is 184 g/mol. The summed E-state index contributed by atoms with van der Waals surface area (Å²) in [6.45, 7) is 13.2. The Bertz CT molecular complexity index is 143. The molecule has 1 aliphatic heterocycles. The molecule has 78 valence electrons. The zero-order valence-corrected chi connectivity index (χ0v) is 9.58. The fraction of sp³-hybridized carbons (Fsp3) is 1.00. The van der Waals surface area contributed by atoms with Gasteiger partial charge in [-0.05, 0) is 32.0 Å². The quantitative estimate of drug-likeness (QED) is 0.654. The highest BCUT2D eigenvalue weighted by molar-refractivity contribution is 4.81. The van der Waals surface area contributed by atoms with Gasteiger partial charge in [-0.15, -0.1) is 0 Å². The third-order valence-corrected chi connectivity index (χ3v) is 3.34. The van der Waals surface area contributed by atoms with E-state index < -0.39 is 0 Å². The van der Waals surface area contributed by atoms with Crippen LogP contribution in [0.3, 0.4) is 0 Å². The molecule has 1 rings (SSSR count). The van der Waals surface area contributed by atoms with Crippen molar-refractivity contribution in [3.63, 3.8) is 0 Å². The molecule has 0 aromatic carbocycles. The van der Waals surface area contributed by atoms with Crippen LogP contribution in [0.5, 0.6) is 0 Å². The summed E-state index contributed by atoms with van der Waals surface area (Å²) in [6, 6.07) is 0. The Morgan fingerprint density at radius 1 is 1.23 bits per heavy atom. The predicted octanol–water partition coefficient (Wildman–Crippen LogP) is 1.53. The van der Waals surface area contributed by atoms with Gasteiger partial charge in [-0.25, -0.2) is 0 Å². The van der Waals surface area contributed by atoms with Gasteiger partial charge >= 0.3 is 0 Å². The molecule has 1 heterocycles. The minimum atomic E-state index is 0.880. The van der Waals surface area contributed by atoms with Crippen molar-refractivity contribution in [3.05, 3.63) is 0 Å². The van der Waals surface area contributed by atoms with Crippen LogP contribution in [-0.4, -0.2) is 49.6 Å². The molecule has 0 saturated carbocycles. The van der Waals surface area contributed by atoms with E-state index in [0.29, 0.717) is 0 Å². The summed E-state index contributed by atoms with van der Waals surface area (Å²) in [5, 5.41) is 0. The minimum absolute atomic E-state index is 0.880. The zero-order chi connectivity index (χ0) is 9.84.